The van der Waals surface area contributed by atoms with Crippen LogP contribution in [0.5, 0.6) is 0 Å². The summed E-state index contributed by atoms with van der Waals surface area (Å²) in [6.07, 6.45) is -5.18. The molecule has 0 spiro atoms. The highest BCUT2D eigenvalue weighted by atomic mass is 19.4. The van der Waals surface area contributed by atoms with Crippen LogP contribution in [0.25, 0.3) is 0 Å². The van der Waals surface area contributed by atoms with Crippen LogP contribution < -0.4 is 0 Å². The van der Waals surface area contributed by atoms with Crippen LogP contribution in [0.2, 0.25) is 0 Å². The summed E-state index contributed by atoms with van der Waals surface area (Å²) < 4.78 is 51.1. The van der Waals surface area contributed by atoms with E-state index in [1.54, 1.807) is 0 Å². The van der Waals surface area contributed by atoms with Crippen LogP contribution in [0.4, 0.5) is 17.6 Å². The van der Waals surface area contributed by atoms with E-state index in [9.17, 15) is 27.5 Å². The van der Waals surface area contributed by atoms with E-state index in [2.05, 4.69) is 0 Å². The molecule has 0 fully saturated rings. The Balaban J connectivity index is 3.12. The molecular formula is C14H16F4O3. The molecule has 0 aliphatic heterocycles. The van der Waals surface area contributed by atoms with E-state index in [0.717, 1.165) is 6.07 Å². The van der Waals surface area contributed by atoms with Gasteiger partial charge in [-0.2, -0.15) is 13.2 Å². The zero-order chi connectivity index (χ0) is 16.2. The van der Waals surface area contributed by atoms with Gasteiger partial charge in [-0.3, -0.25) is 4.79 Å². The number of halogens is 4. The van der Waals surface area contributed by atoms with Crippen LogP contribution >= 0.6 is 0 Å². The lowest BCUT2D eigenvalue weighted by Gasteiger charge is -2.20. The monoisotopic (exact) mass is 308 g/mol. The minimum Gasteiger partial charge on any atom is -0.481 e. The number of aliphatic hydroxyl groups excluding tert-OH is 1. The maximum Gasteiger partial charge on any atom is 0.416 e. The van der Waals surface area contributed by atoms with Crippen LogP contribution in [-0.4, -0.2) is 16.2 Å². The van der Waals surface area contributed by atoms with Crippen molar-refractivity contribution in [2.24, 2.45) is 5.92 Å². The number of unbranched alkanes of at least 4 members (excludes halogenated alkanes) is 1. The molecule has 0 saturated heterocycles. The van der Waals surface area contributed by atoms with Crippen LogP contribution in [0.15, 0.2) is 18.2 Å². The second kappa shape index (κ2) is 6.89. The van der Waals surface area contributed by atoms with E-state index in [-0.39, 0.29) is 12.0 Å². The van der Waals surface area contributed by atoms with Crippen LogP contribution in [0.3, 0.4) is 0 Å². The first-order valence-electron chi connectivity index (χ1n) is 6.45. The van der Waals surface area contributed by atoms with E-state index in [1.807, 2.05) is 6.92 Å². The van der Waals surface area contributed by atoms with Crippen molar-refractivity contribution < 1.29 is 32.6 Å². The Morgan fingerprint density at radius 1 is 1.29 bits per heavy atom. The Hall–Kier alpha value is -1.63. The number of benzene rings is 1. The van der Waals surface area contributed by atoms with Crippen molar-refractivity contribution in [2.75, 3.05) is 0 Å². The summed E-state index contributed by atoms with van der Waals surface area (Å²) in [5.41, 5.74) is -1.64. The van der Waals surface area contributed by atoms with Crippen molar-refractivity contribution in [3.63, 3.8) is 0 Å². The van der Waals surface area contributed by atoms with E-state index in [0.29, 0.717) is 25.0 Å². The number of carboxylic acids is 1. The lowest BCUT2D eigenvalue weighted by atomic mass is 9.90. The van der Waals surface area contributed by atoms with Crippen molar-refractivity contribution in [1.29, 1.82) is 0 Å². The molecule has 1 aromatic carbocycles. The van der Waals surface area contributed by atoms with Crippen molar-refractivity contribution in [3.05, 3.63) is 35.1 Å². The van der Waals surface area contributed by atoms with Gasteiger partial charge in [-0.15, -0.1) is 0 Å². The standard InChI is InChI=1S/C14H16F4O3/c1-2-3-4-11(13(20)21)12(19)8-5-9(14(16,17)18)7-10(15)6-8/h5-7,11-12,19H,2-4H2,1H3,(H,20,21). The van der Waals surface area contributed by atoms with E-state index in [1.165, 1.54) is 0 Å². The molecule has 21 heavy (non-hydrogen) atoms. The molecule has 0 heterocycles. The number of aliphatic carboxylic acids is 1. The number of alkyl halides is 3. The summed E-state index contributed by atoms with van der Waals surface area (Å²) in [5.74, 6) is -3.76. The van der Waals surface area contributed by atoms with Gasteiger partial charge in [0.25, 0.3) is 0 Å². The van der Waals surface area contributed by atoms with E-state index < -0.39 is 35.5 Å². The molecule has 0 amide bonds. The molecule has 0 aromatic heterocycles. The minimum atomic E-state index is -4.77. The van der Waals surface area contributed by atoms with Gasteiger partial charge in [0.2, 0.25) is 0 Å². The SMILES string of the molecule is CCCCC(C(=O)O)C(O)c1cc(F)cc(C(F)(F)F)c1. The van der Waals surface area contributed by atoms with Crippen LogP contribution in [-0.2, 0) is 11.0 Å². The first kappa shape index (κ1) is 17.4. The lowest BCUT2D eigenvalue weighted by molar-refractivity contribution is -0.146. The molecular weight excluding hydrogens is 292 g/mol. The number of hydrogen-bond acceptors (Lipinski definition) is 2. The molecule has 0 bridgehead atoms. The molecule has 0 saturated carbocycles. The Morgan fingerprint density at radius 3 is 2.38 bits per heavy atom. The molecule has 7 heteroatoms. The Bertz CT molecular complexity index is 499. The molecule has 1 aromatic rings. The maximum atomic E-state index is 13.3. The molecule has 2 unspecified atom stereocenters. The highest BCUT2D eigenvalue weighted by Crippen LogP contribution is 2.34. The second-order valence-corrected chi connectivity index (χ2v) is 4.80. The van der Waals surface area contributed by atoms with E-state index >= 15 is 0 Å². The maximum absolute atomic E-state index is 13.3. The quantitative estimate of drug-likeness (QED) is 0.787. The highest BCUT2D eigenvalue weighted by Gasteiger charge is 2.34. The van der Waals surface area contributed by atoms with Crippen molar-refractivity contribution in [1.82, 2.24) is 0 Å². The number of carbonyl (C=O) groups is 1. The molecule has 2 atom stereocenters. The van der Waals surface area contributed by atoms with Gasteiger partial charge in [-0.1, -0.05) is 19.8 Å². The first-order valence-corrected chi connectivity index (χ1v) is 6.45. The summed E-state index contributed by atoms with van der Waals surface area (Å²) in [4.78, 5) is 11.1. The normalized spacial score (nSPS) is 14.8. The third-order valence-corrected chi connectivity index (χ3v) is 3.16. The smallest absolute Gasteiger partial charge is 0.416 e. The molecule has 118 valence electrons. The van der Waals surface area contributed by atoms with Gasteiger partial charge in [0.1, 0.15) is 5.82 Å². The largest absolute Gasteiger partial charge is 0.481 e. The number of aliphatic hydroxyl groups is 1. The van der Waals surface area contributed by atoms with Crippen LogP contribution in [0, 0.1) is 11.7 Å². The van der Waals surface area contributed by atoms with Gasteiger partial charge in [0, 0.05) is 0 Å². The zero-order valence-corrected chi connectivity index (χ0v) is 11.3. The fourth-order valence-corrected chi connectivity index (χ4v) is 2.02. The average Bonchev–Trinajstić information content (AvgIpc) is 2.36. The summed E-state index contributed by atoms with van der Waals surface area (Å²) in [6.45, 7) is 1.81. The Morgan fingerprint density at radius 2 is 1.90 bits per heavy atom. The van der Waals surface area contributed by atoms with Gasteiger partial charge in [0.05, 0.1) is 17.6 Å². The first-order chi connectivity index (χ1) is 9.66. The topological polar surface area (TPSA) is 57.5 Å². The summed E-state index contributed by atoms with van der Waals surface area (Å²) in [7, 11) is 0. The van der Waals surface area contributed by atoms with Crippen molar-refractivity contribution >= 4 is 5.97 Å². The zero-order valence-electron chi connectivity index (χ0n) is 11.3. The Labute approximate surface area is 119 Å². The van der Waals surface area contributed by atoms with Gasteiger partial charge < -0.3 is 10.2 Å². The fraction of sp³-hybridized carbons (Fsp3) is 0.500. The summed E-state index contributed by atoms with van der Waals surface area (Å²) in [6, 6.07) is 1.61. The molecule has 2 N–H and O–H groups in total. The molecule has 3 nitrogen and oxygen atoms in total. The van der Waals surface area contributed by atoms with Gasteiger partial charge in [-0.25, -0.2) is 4.39 Å². The molecule has 0 radical (unpaired) electrons. The summed E-state index contributed by atoms with van der Waals surface area (Å²) in [5, 5.41) is 19.0. The molecule has 0 aliphatic carbocycles. The number of carboxylic acid groups (broad SMARTS) is 1. The average molecular weight is 308 g/mol. The number of hydrogen-bond donors (Lipinski definition) is 2. The molecule has 0 aliphatic rings. The van der Waals surface area contributed by atoms with Crippen molar-refractivity contribution in [3.8, 4) is 0 Å². The van der Waals surface area contributed by atoms with Gasteiger partial charge in [-0.05, 0) is 30.2 Å². The highest BCUT2D eigenvalue weighted by molar-refractivity contribution is 5.71. The number of rotatable bonds is 6. The Kier molecular flexibility index (Phi) is 5.71. The third kappa shape index (κ3) is 4.70. The minimum absolute atomic E-state index is 0.102. The predicted molar refractivity (Wildman–Crippen MR) is 67.0 cm³/mol. The van der Waals surface area contributed by atoms with Crippen LogP contribution in [0.1, 0.15) is 43.4 Å². The van der Waals surface area contributed by atoms with Gasteiger partial charge >= 0.3 is 12.1 Å². The predicted octanol–water partition coefficient (Wildman–Crippen LogP) is 3.77. The fourth-order valence-electron chi connectivity index (χ4n) is 2.02. The summed E-state index contributed by atoms with van der Waals surface area (Å²) >= 11 is 0. The lowest BCUT2D eigenvalue weighted by Crippen LogP contribution is -2.22. The van der Waals surface area contributed by atoms with E-state index in [4.69, 9.17) is 5.11 Å². The van der Waals surface area contributed by atoms with Gasteiger partial charge in [0.15, 0.2) is 0 Å². The second-order valence-electron chi connectivity index (χ2n) is 4.80. The third-order valence-electron chi connectivity index (χ3n) is 3.16. The van der Waals surface area contributed by atoms with Crippen molar-refractivity contribution in [2.45, 2.75) is 38.5 Å². The molecule has 1 rings (SSSR count).